The van der Waals surface area contributed by atoms with Crippen LogP contribution in [0.1, 0.15) is 18.1 Å². The van der Waals surface area contributed by atoms with E-state index in [0.717, 1.165) is 38.0 Å². The van der Waals surface area contributed by atoms with Gasteiger partial charge in [-0.05, 0) is 127 Å². The summed E-state index contributed by atoms with van der Waals surface area (Å²) in [5.74, 6) is 0.466. The van der Waals surface area contributed by atoms with Gasteiger partial charge in [0, 0.05) is 42.5 Å². The van der Waals surface area contributed by atoms with Crippen molar-refractivity contribution < 1.29 is 13.6 Å². The Morgan fingerprint density at radius 3 is 1.63 bits per heavy atom. The predicted molar refractivity (Wildman–Crippen MR) is 141 cm³/mol. The lowest BCUT2D eigenvalue weighted by Gasteiger charge is -2.27. The molecule has 0 aromatic heterocycles. The number of hydrogen-bond acceptors (Lipinski definition) is 3. The fourth-order valence-electron chi connectivity index (χ4n) is 2.77. The van der Waals surface area contributed by atoms with Crippen LogP contribution in [0.3, 0.4) is 0 Å². The number of rotatable bonds is 6. The monoisotopic (exact) mass is 805 g/mol. The molecule has 3 aromatic rings. The third-order valence-corrected chi connectivity index (χ3v) is 11.9. The molecule has 0 spiro atoms. The maximum absolute atomic E-state index is 12.9. The average molecular weight is 811 g/mol. The Morgan fingerprint density at radius 1 is 0.700 bits per heavy atom. The van der Waals surface area contributed by atoms with E-state index in [2.05, 4.69) is 95.6 Å². The molecule has 0 saturated carbocycles. The van der Waals surface area contributed by atoms with Gasteiger partial charge in [0.2, 0.25) is 0 Å². The molecule has 30 heavy (non-hydrogen) atoms. The van der Waals surface area contributed by atoms with Gasteiger partial charge in [0.25, 0.3) is 0 Å². The molecule has 1 unspecified atom stereocenters. The highest BCUT2D eigenvalue weighted by Gasteiger charge is 2.45. The van der Waals surface area contributed by atoms with E-state index >= 15 is 0 Å². The second-order valence-electron chi connectivity index (χ2n) is 6.20. The number of halogens is 6. The van der Waals surface area contributed by atoms with Gasteiger partial charge in [0.05, 0.1) is 0 Å². The zero-order valence-electron chi connectivity index (χ0n) is 15.1. The first kappa shape index (κ1) is 25.0. The zero-order valence-corrected chi connectivity index (χ0v) is 25.5. The predicted octanol–water partition coefficient (Wildman–Crippen LogP) is 10.3. The Labute approximate surface area is 226 Å². The molecule has 0 amide bonds. The minimum absolute atomic E-state index is 0.466. The summed E-state index contributed by atoms with van der Waals surface area (Å²) in [4.78, 5) is 0. The third kappa shape index (κ3) is 5.30. The molecule has 3 nitrogen and oxygen atoms in total. The first-order valence-corrected chi connectivity index (χ1v) is 14.2. The van der Waals surface area contributed by atoms with Crippen molar-refractivity contribution in [1.82, 2.24) is 0 Å². The van der Waals surface area contributed by atoms with E-state index in [0.29, 0.717) is 5.75 Å². The van der Waals surface area contributed by atoms with Crippen molar-refractivity contribution >= 4 is 104 Å². The summed E-state index contributed by atoms with van der Waals surface area (Å²) >= 11 is 21.5. The van der Waals surface area contributed by atoms with Crippen LogP contribution >= 0.6 is 104 Å². The summed E-state index contributed by atoms with van der Waals surface area (Å²) in [6.07, 6.45) is 0. The van der Waals surface area contributed by atoms with Gasteiger partial charge in [0.15, 0.2) is 11.4 Å². The third-order valence-electron chi connectivity index (χ3n) is 4.28. The van der Waals surface area contributed by atoms with Crippen molar-refractivity contribution in [2.45, 2.75) is 12.5 Å². The van der Waals surface area contributed by atoms with E-state index in [1.165, 1.54) is 0 Å². The van der Waals surface area contributed by atoms with E-state index in [-0.39, 0.29) is 0 Å². The smallest absolute Gasteiger partial charge is 0.229 e. The van der Waals surface area contributed by atoms with Crippen LogP contribution < -0.4 is 4.52 Å². The minimum Gasteiger partial charge on any atom is -0.229 e. The molecule has 156 valence electrons. The molecule has 0 N–H and O–H groups in total. The minimum atomic E-state index is -2.50. The summed E-state index contributed by atoms with van der Waals surface area (Å²) in [5, 5.41) is 0. The van der Waals surface area contributed by atoms with E-state index < -0.39 is 13.9 Å². The number of para-hydroxylation sites is 1. The van der Waals surface area contributed by atoms with Crippen molar-refractivity contribution in [2.24, 2.45) is 0 Å². The van der Waals surface area contributed by atoms with Crippen LogP contribution in [0.4, 0.5) is 0 Å². The first-order chi connectivity index (χ1) is 14.1. The topological polar surface area (TPSA) is 35.5 Å². The van der Waals surface area contributed by atoms with Gasteiger partial charge in [-0.1, -0.05) is 34.9 Å². The molecular formula is C20H12Br6O3P+. The Bertz CT molecular complexity index is 1050. The van der Waals surface area contributed by atoms with Crippen LogP contribution in [0.5, 0.6) is 5.75 Å². The summed E-state index contributed by atoms with van der Waals surface area (Å²) in [5.41, 5.74) is 0.423. The van der Waals surface area contributed by atoms with Crippen molar-refractivity contribution in [2.75, 3.05) is 0 Å². The highest BCUT2D eigenvalue weighted by atomic mass is 79.9. The van der Waals surface area contributed by atoms with Gasteiger partial charge >= 0.3 is 8.25 Å². The Balaban J connectivity index is 2.13. The molecular weight excluding hydrogens is 799 g/mol. The SMILES string of the molecule is CC(O[P+](=O)Oc1ccccc1)(c1ccc(Br)c(Br)c1Br)c1ccc(Br)c(Br)c1Br. The summed E-state index contributed by atoms with van der Waals surface area (Å²) in [6, 6.07) is 16.6. The van der Waals surface area contributed by atoms with Crippen molar-refractivity contribution in [3.63, 3.8) is 0 Å². The van der Waals surface area contributed by atoms with Gasteiger partial charge in [-0.15, -0.1) is 0 Å². The van der Waals surface area contributed by atoms with E-state index in [1.807, 2.05) is 49.4 Å². The van der Waals surface area contributed by atoms with Crippen molar-refractivity contribution in [3.8, 4) is 5.75 Å². The van der Waals surface area contributed by atoms with Gasteiger partial charge < -0.3 is 0 Å². The maximum atomic E-state index is 12.9. The van der Waals surface area contributed by atoms with Gasteiger partial charge in [-0.25, -0.2) is 4.52 Å². The highest BCUT2D eigenvalue weighted by molar-refractivity contribution is 9.15. The van der Waals surface area contributed by atoms with E-state index in [1.54, 1.807) is 12.1 Å². The average Bonchev–Trinajstić information content (AvgIpc) is 2.70. The molecule has 0 heterocycles. The zero-order chi connectivity index (χ0) is 22.1. The molecule has 3 rings (SSSR count). The van der Waals surface area contributed by atoms with Crippen LogP contribution in [0.2, 0.25) is 0 Å². The molecule has 0 aliphatic rings. The molecule has 1 atom stereocenters. The molecule has 0 fully saturated rings. The normalized spacial score (nSPS) is 12.0. The molecule has 3 aromatic carbocycles. The number of benzene rings is 3. The summed E-state index contributed by atoms with van der Waals surface area (Å²) in [7, 11) is -2.50. The molecule has 0 saturated heterocycles. The molecule has 0 radical (unpaired) electrons. The van der Waals surface area contributed by atoms with Gasteiger partial charge in [0.1, 0.15) is 0 Å². The fourth-order valence-corrected chi connectivity index (χ4v) is 6.93. The number of hydrogen-bond donors (Lipinski definition) is 0. The van der Waals surface area contributed by atoms with Crippen molar-refractivity contribution in [1.29, 1.82) is 0 Å². The van der Waals surface area contributed by atoms with E-state index in [4.69, 9.17) is 9.05 Å². The lowest BCUT2D eigenvalue weighted by molar-refractivity contribution is 0.125. The lowest BCUT2D eigenvalue weighted by atomic mass is 9.88. The molecule has 0 aliphatic carbocycles. The molecule has 10 heteroatoms. The second-order valence-corrected chi connectivity index (χ2v) is 11.9. The summed E-state index contributed by atoms with van der Waals surface area (Å²) in [6.45, 7) is 1.86. The largest absolute Gasteiger partial charge is 0.751 e. The fraction of sp³-hybridized carbons (Fsp3) is 0.100. The Morgan fingerprint density at radius 2 is 1.17 bits per heavy atom. The Kier molecular flexibility index (Phi) is 8.81. The second kappa shape index (κ2) is 10.6. The first-order valence-electron chi connectivity index (χ1n) is 8.32. The van der Waals surface area contributed by atoms with Crippen LogP contribution in [-0.4, -0.2) is 0 Å². The van der Waals surface area contributed by atoms with Crippen LogP contribution in [0, 0.1) is 0 Å². The van der Waals surface area contributed by atoms with Crippen LogP contribution in [-0.2, 0) is 14.7 Å². The highest BCUT2D eigenvalue weighted by Crippen LogP contribution is 2.50. The van der Waals surface area contributed by atoms with Gasteiger partial charge in [-0.3, -0.25) is 0 Å². The Hall–Kier alpha value is 0.400. The van der Waals surface area contributed by atoms with Crippen LogP contribution in [0.15, 0.2) is 81.4 Å². The molecule has 0 aliphatic heterocycles. The molecule has 0 bridgehead atoms. The summed E-state index contributed by atoms with van der Waals surface area (Å²) < 4.78 is 29.5. The van der Waals surface area contributed by atoms with E-state index in [9.17, 15) is 4.57 Å². The quantitative estimate of drug-likeness (QED) is 0.184. The van der Waals surface area contributed by atoms with Gasteiger partial charge in [-0.2, -0.15) is 0 Å². The van der Waals surface area contributed by atoms with Crippen LogP contribution in [0.25, 0.3) is 0 Å². The lowest BCUT2D eigenvalue weighted by Crippen LogP contribution is -2.27. The maximum Gasteiger partial charge on any atom is 0.751 e. The van der Waals surface area contributed by atoms with Crippen molar-refractivity contribution in [3.05, 3.63) is 92.6 Å². The standard InChI is InChI=1S/C20H12Br6O3P/c1-20(12-7-9-14(21)18(25)16(12)23,13-8-10-15(22)19(26)17(13)24)29-30(27)28-11-5-3-2-4-6-11/h2-10H,1H3/q+1.